The van der Waals surface area contributed by atoms with Gasteiger partial charge >= 0.3 is 0 Å². The van der Waals surface area contributed by atoms with Gasteiger partial charge in [-0.05, 0) is 38.8 Å². The molecule has 0 spiro atoms. The van der Waals surface area contributed by atoms with Crippen molar-refractivity contribution >= 4 is 0 Å². The van der Waals surface area contributed by atoms with Gasteiger partial charge in [0.25, 0.3) is 0 Å². The van der Waals surface area contributed by atoms with Crippen LogP contribution in [-0.4, -0.2) is 31.7 Å². The fourth-order valence-corrected chi connectivity index (χ4v) is 2.71. The Balaban J connectivity index is 2.46. The molecule has 2 rings (SSSR count). The lowest BCUT2D eigenvalue weighted by molar-refractivity contribution is 0.199. The third-order valence-electron chi connectivity index (χ3n) is 3.86. The SMILES string of the molecule is COc1cc2c(c(OC)c1C)CN(C(C)C)CC2. The lowest BCUT2D eigenvalue weighted by atomic mass is 9.95. The molecule has 1 aliphatic rings. The summed E-state index contributed by atoms with van der Waals surface area (Å²) in [5.74, 6) is 1.93. The third kappa shape index (κ3) is 2.19. The molecule has 0 atom stereocenters. The molecule has 0 bridgehead atoms. The number of nitrogens with zero attached hydrogens (tertiary/aromatic N) is 1. The molecule has 0 aliphatic carbocycles. The molecule has 0 radical (unpaired) electrons. The molecule has 0 amide bonds. The van der Waals surface area contributed by atoms with Crippen molar-refractivity contribution in [3.63, 3.8) is 0 Å². The summed E-state index contributed by atoms with van der Waals surface area (Å²) in [5, 5.41) is 0. The van der Waals surface area contributed by atoms with Crippen LogP contribution in [0.5, 0.6) is 11.5 Å². The van der Waals surface area contributed by atoms with E-state index in [2.05, 4.69) is 31.7 Å². The Morgan fingerprint density at radius 2 is 1.94 bits per heavy atom. The second-order valence-electron chi connectivity index (χ2n) is 5.19. The van der Waals surface area contributed by atoms with E-state index in [4.69, 9.17) is 9.47 Å². The molecule has 0 unspecified atom stereocenters. The molecule has 0 saturated carbocycles. The minimum atomic E-state index is 0.574. The number of rotatable bonds is 3. The van der Waals surface area contributed by atoms with Crippen LogP contribution < -0.4 is 9.47 Å². The van der Waals surface area contributed by atoms with Gasteiger partial charge in [-0.1, -0.05) is 0 Å². The summed E-state index contributed by atoms with van der Waals surface area (Å²) in [4.78, 5) is 2.48. The maximum absolute atomic E-state index is 5.61. The summed E-state index contributed by atoms with van der Waals surface area (Å²) in [5.41, 5.74) is 3.80. The molecule has 3 nitrogen and oxygen atoms in total. The Morgan fingerprint density at radius 1 is 1.22 bits per heavy atom. The van der Waals surface area contributed by atoms with E-state index in [1.807, 2.05) is 0 Å². The minimum absolute atomic E-state index is 0.574. The molecular weight excluding hydrogens is 226 g/mol. The van der Waals surface area contributed by atoms with Gasteiger partial charge in [-0.15, -0.1) is 0 Å². The second-order valence-corrected chi connectivity index (χ2v) is 5.19. The van der Waals surface area contributed by atoms with Crippen LogP contribution in [0.25, 0.3) is 0 Å². The van der Waals surface area contributed by atoms with E-state index in [9.17, 15) is 0 Å². The van der Waals surface area contributed by atoms with Crippen molar-refractivity contribution in [1.82, 2.24) is 4.90 Å². The first-order chi connectivity index (χ1) is 8.58. The van der Waals surface area contributed by atoms with Gasteiger partial charge in [0, 0.05) is 30.3 Å². The van der Waals surface area contributed by atoms with E-state index in [-0.39, 0.29) is 0 Å². The summed E-state index contributed by atoms with van der Waals surface area (Å²) >= 11 is 0. The molecule has 1 aromatic rings. The first kappa shape index (κ1) is 13.2. The van der Waals surface area contributed by atoms with Gasteiger partial charge < -0.3 is 9.47 Å². The Bertz CT molecular complexity index is 441. The van der Waals surface area contributed by atoms with Crippen molar-refractivity contribution in [2.75, 3.05) is 20.8 Å². The lowest BCUT2D eigenvalue weighted by Gasteiger charge is -2.33. The predicted molar refractivity (Wildman–Crippen MR) is 73.5 cm³/mol. The number of hydrogen-bond donors (Lipinski definition) is 0. The van der Waals surface area contributed by atoms with E-state index < -0.39 is 0 Å². The highest BCUT2D eigenvalue weighted by Gasteiger charge is 2.24. The van der Waals surface area contributed by atoms with Gasteiger partial charge in [-0.25, -0.2) is 0 Å². The third-order valence-corrected chi connectivity index (χ3v) is 3.86. The molecule has 18 heavy (non-hydrogen) atoms. The summed E-state index contributed by atoms with van der Waals surface area (Å²) in [6.45, 7) is 8.63. The van der Waals surface area contributed by atoms with Crippen molar-refractivity contribution in [3.05, 3.63) is 22.8 Å². The van der Waals surface area contributed by atoms with Crippen LogP contribution in [0, 0.1) is 6.92 Å². The van der Waals surface area contributed by atoms with E-state index >= 15 is 0 Å². The monoisotopic (exact) mass is 249 g/mol. The average molecular weight is 249 g/mol. The average Bonchev–Trinajstić information content (AvgIpc) is 2.37. The highest BCUT2D eigenvalue weighted by Crippen LogP contribution is 2.37. The topological polar surface area (TPSA) is 21.7 Å². The highest BCUT2D eigenvalue weighted by atomic mass is 16.5. The van der Waals surface area contributed by atoms with Gasteiger partial charge in [-0.2, -0.15) is 0 Å². The molecule has 0 fully saturated rings. The minimum Gasteiger partial charge on any atom is -0.496 e. The number of fused-ring (bicyclic) bond motifs is 1. The van der Waals surface area contributed by atoms with Crippen molar-refractivity contribution in [1.29, 1.82) is 0 Å². The quantitative estimate of drug-likeness (QED) is 0.822. The first-order valence-corrected chi connectivity index (χ1v) is 6.55. The molecule has 100 valence electrons. The number of benzene rings is 1. The van der Waals surface area contributed by atoms with Gasteiger partial charge in [0.1, 0.15) is 11.5 Å². The molecule has 3 heteroatoms. The van der Waals surface area contributed by atoms with Crippen LogP contribution in [0.2, 0.25) is 0 Å². The van der Waals surface area contributed by atoms with Gasteiger partial charge in [0.05, 0.1) is 14.2 Å². The van der Waals surface area contributed by atoms with Gasteiger partial charge in [0.2, 0.25) is 0 Å². The van der Waals surface area contributed by atoms with Crippen LogP contribution in [0.3, 0.4) is 0 Å². The fourth-order valence-electron chi connectivity index (χ4n) is 2.71. The summed E-state index contributed by atoms with van der Waals surface area (Å²) < 4.78 is 11.0. The zero-order valence-electron chi connectivity index (χ0n) is 12.0. The molecular formula is C15H23NO2. The maximum atomic E-state index is 5.61. The number of ether oxygens (including phenoxy) is 2. The smallest absolute Gasteiger partial charge is 0.130 e. The Morgan fingerprint density at radius 3 is 2.50 bits per heavy atom. The van der Waals surface area contributed by atoms with Crippen LogP contribution in [0.1, 0.15) is 30.5 Å². The Hall–Kier alpha value is -1.22. The Labute approximate surface area is 110 Å². The first-order valence-electron chi connectivity index (χ1n) is 6.55. The van der Waals surface area contributed by atoms with Crippen LogP contribution >= 0.6 is 0 Å². The summed E-state index contributed by atoms with van der Waals surface area (Å²) in [6, 6.07) is 2.75. The van der Waals surface area contributed by atoms with Crippen LogP contribution in [0.15, 0.2) is 6.07 Å². The predicted octanol–water partition coefficient (Wildman–Crippen LogP) is 2.78. The van der Waals surface area contributed by atoms with Crippen molar-refractivity contribution < 1.29 is 9.47 Å². The van der Waals surface area contributed by atoms with Gasteiger partial charge in [-0.3, -0.25) is 4.90 Å². The number of hydrogen-bond acceptors (Lipinski definition) is 3. The Kier molecular flexibility index (Phi) is 3.81. The van der Waals surface area contributed by atoms with Crippen molar-refractivity contribution in [2.45, 2.75) is 39.8 Å². The zero-order valence-corrected chi connectivity index (χ0v) is 12.0. The van der Waals surface area contributed by atoms with E-state index in [1.165, 1.54) is 11.1 Å². The molecule has 1 heterocycles. The molecule has 1 aromatic carbocycles. The molecule has 0 aromatic heterocycles. The van der Waals surface area contributed by atoms with Gasteiger partial charge in [0.15, 0.2) is 0 Å². The molecule has 0 saturated heterocycles. The summed E-state index contributed by atoms with van der Waals surface area (Å²) in [7, 11) is 3.47. The van der Waals surface area contributed by atoms with Crippen molar-refractivity contribution in [3.8, 4) is 11.5 Å². The standard InChI is InChI=1S/C15H23NO2/c1-10(2)16-7-6-12-8-14(17-4)11(3)15(18-5)13(12)9-16/h8,10H,6-7,9H2,1-5H3. The largest absolute Gasteiger partial charge is 0.496 e. The van der Waals surface area contributed by atoms with E-state index in [1.54, 1.807) is 14.2 Å². The van der Waals surface area contributed by atoms with E-state index in [0.29, 0.717) is 6.04 Å². The molecule has 1 aliphatic heterocycles. The maximum Gasteiger partial charge on any atom is 0.130 e. The lowest BCUT2D eigenvalue weighted by Crippen LogP contribution is -2.36. The van der Waals surface area contributed by atoms with Crippen LogP contribution in [0.4, 0.5) is 0 Å². The highest BCUT2D eigenvalue weighted by molar-refractivity contribution is 5.54. The van der Waals surface area contributed by atoms with E-state index in [0.717, 1.165) is 36.6 Å². The molecule has 0 N–H and O–H groups in total. The van der Waals surface area contributed by atoms with Crippen LogP contribution in [-0.2, 0) is 13.0 Å². The fraction of sp³-hybridized carbons (Fsp3) is 0.600. The summed E-state index contributed by atoms with van der Waals surface area (Å²) in [6.07, 6.45) is 1.07. The zero-order chi connectivity index (χ0) is 13.3. The normalized spacial score (nSPS) is 15.7. The number of methoxy groups -OCH3 is 2. The second kappa shape index (κ2) is 5.19. The van der Waals surface area contributed by atoms with Crippen molar-refractivity contribution in [2.24, 2.45) is 0 Å².